The molecule has 0 atom stereocenters. The highest BCUT2D eigenvalue weighted by atomic mass is 79.9. The number of hydrazone groups is 1. The number of carbonyl (C=O) groups is 2. The van der Waals surface area contributed by atoms with E-state index in [1.54, 1.807) is 12.1 Å². The van der Waals surface area contributed by atoms with Crippen LogP contribution in [0, 0.1) is 0 Å². The van der Waals surface area contributed by atoms with E-state index in [9.17, 15) is 9.59 Å². The van der Waals surface area contributed by atoms with Crippen LogP contribution in [0.4, 0.5) is 5.13 Å². The summed E-state index contributed by atoms with van der Waals surface area (Å²) in [6.45, 7) is 3.78. The highest BCUT2D eigenvalue weighted by Gasteiger charge is 2.19. The van der Waals surface area contributed by atoms with E-state index >= 15 is 0 Å². The molecule has 33 heavy (non-hydrogen) atoms. The highest BCUT2D eigenvalue weighted by molar-refractivity contribution is 9.10. The standard InChI is InChI=1S/C20H25BrN6O4S2/c1-2-30-15-9-13(10-23-24-16(28)12-32-20-26-25-19(22)33-20)8-14(21)18(15)31-11-17(29)27-6-4-3-5-7-27/h8-10H,2-7,11-12H2,1H3,(H2,22,25)(H,24,28). The van der Waals surface area contributed by atoms with Crippen LogP contribution in [0.2, 0.25) is 0 Å². The zero-order chi connectivity index (χ0) is 23.6. The van der Waals surface area contributed by atoms with Crippen LogP contribution in [-0.4, -0.2) is 65.2 Å². The number of anilines is 1. The number of halogens is 1. The number of thioether (sulfide) groups is 1. The van der Waals surface area contributed by atoms with E-state index in [0.29, 0.717) is 37.6 Å². The summed E-state index contributed by atoms with van der Waals surface area (Å²) in [4.78, 5) is 26.2. The maximum atomic E-state index is 12.4. The molecule has 1 fully saturated rings. The number of aromatic nitrogens is 2. The van der Waals surface area contributed by atoms with E-state index in [0.717, 1.165) is 32.4 Å². The van der Waals surface area contributed by atoms with Crippen LogP contribution in [0.5, 0.6) is 11.5 Å². The van der Waals surface area contributed by atoms with Gasteiger partial charge in [0.15, 0.2) is 22.4 Å². The lowest BCUT2D eigenvalue weighted by Gasteiger charge is -2.26. The first-order chi connectivity index (χ1) is 16.0. The summed E-state index contributed by atoms with van der Waals surface area (Å²) < 4.78 is 12.7. The number of carbonyl (C=O) groups excluding carboxylic acids is 2. The van der Waals surface area contributed by atoms with Crippen molar-refractivity contribution in [3.8, 4) is 11.5 Å². The Morgan fingerprint density at radius 3 is 2.79 bits per heavy atom. The van der Waals surface area contributed by atoms with Crippen LogP contribution in [0.1, 0.15) is 31.7 Å². The molecule has 13 heteroatoms. The molecule has 0 unspecified atom stereocenters. The molecule has 0 bridgehead atoms. The summed E-state index contributed by atoms with van der Waals surface area (Å²) in [5, 5.41) is 11.9. The molecule has 3 rings (SSSR count). The van der Waals surface area contributed by atoms with Gasteiger partial charge in [-0.3, -0.25) is 9.59 Å². The third-order valence-electron chi connectivity index (χ3n) is 4.53. The maximum Gasteiger partial charge on any atom is 0.260 e. The van der Waals surface area contributed by atoms with Crippen molar-refractivity contribution in [1.82, 2.24) is 20.5 Å². The van der Waals surface area contributed by atoms with Crippen LogP contribution >= 0.6 is 39.0 Å². The normalized spacial score (nSPS) is 13.8. The average molecular weight is 557 g/mol. The van der Waals surface area contributed by atoms with Gasteiger partial charge in [0.25, 0.3) is 11.8 Å². The minimum absolute atomic E-state index is 0.0357. The zero-order valence-corrected chi connectivity index (χ0v) is 21.3. The van der Waals surface area contributed by atoms with Crippen LogP contribution in [0.15, 0.2) is 26.0 Å². The van der Waals surface area contributed by atoms with Crippen molar-refractivity contribution in [1.29, 1.82) is 0 Å². The maximum absolute atomic E-state index is 12.4. The van der Waals surface area contributed by atoms with Crippen LogP contribution in [0.25, 0.3) is 0 Å². The molecule has 0 radical (unpaired) electrons. The van der Waals surface area contributed by atoms with Gasteiger partial charge in [-0.1, -0.05) is 23.1 Å². The van der Waals surface area contributed by atoms with Gasteiger partial charge in [0.2, 0.25) is 5.13 Å². The third kappa shape index (κ3) is 7.86. The van der Waals surface area contributed by atoms with Gasteiger partial charge in [-0.15, -0.1) is 10.2 Å². The van der Waals surface area contributed by atoms with Crippen molar-refractivity contribution >= 4 is 62.2 Å². The quantitative estimate of drug-likeness (QED) is 0.259. The van der Waals surface area contributed by atoms with Gasteiger partial charge in [-0.25, -0.2) is 5.43 Å². The van der Waals surface area contributed by atoms with Crippen molar-refractivity contribution in [3.05, 3.63) is 22.2 Å². The molecule has 1 aliphatic heterocycles. The lowest BCUT2D eigenvalue weighted by atomic mass is 10.1. The second kappa shape index (κ2) is 12.8. The number of hydrogen-bond donors (Lipinski definition) is 2. The van der Waals surface area contributed by atoms with Gasteiger partial charge in [-0.2, -0.15) is 5.10 Å². The SMILES string of the molecule is CCOc1cc(C=NNC(=O)CSc2nnc(N)s2)cc(Br)c1OCC(=O)N1CCCCC1. The lowest BCUT2D eigenvalue weighted by Crippen LogP contribution is -2.38. The Kier molecular flexibility index (Phi) is 9.76. The predicted octanol–water partition coefficient (Wildman–Crippen LogP) is 2.92. The van der Waals surface area contributed by atoms with Crippen LogP contribution in [0.3, 0.4) is 0 Å². The van der Waals surface area contributed by atoms with E-state index in [2.05, 4.69) is 36.7 Å². The Hall–Kier alpha value is -2.38. The fourth-order valence-electron chi connectivity index (χ4n) is 3.05. The minimum Gasteiger partial charge on any atom is -0.490 e. The Labute approximate surface area is 208 Å². The summed E-state index contributed by atoms with van der Waals surface area (Å²) in [7, 11) is 0. The van der Waals surface area contributed by atoms with Gasteiger partial charge in [0.05, 0.1) is 23.0 Å². The first-order valence-electron chi connectivity index (χ1n) is 10.4. The molecule has 2 amide bonds. The van der Waals surface area contributed by atoms with Gasteiger partial charge in [0, 0.05) is 13.1 Å². The van der Waals surface area contributed by atoms with Gasteiger partial charge < -0.3 is 20.1 Å². The molecule has 2 aromatic rings. The molecule has 3 N–H and O–H groups in total. The Balaban J connectivity index is 1.57. The van der Waals surface area contributed by atoms with E-state index in [1.165, 1.54) is 29.3 Å². The number of rotatable bonds is 10. The number of likely N-dealkylation sites (tertiary alicyclic amines) is 1. The number of ether oxygens (including phenoxy) is 2. The second-order valence-corrected chi connectivity index (χ2v) is 10.1. The molecule has 0 spiro atoms. The number of piperidine rings is 1. The lowest BCUT2D eigenvalue weighted by molar-refractivity contribution is -0.134. The Morgan fingerprint density at radius 1 is 1.30 bits per heavy atom. The van der Waals surface area contributed by atoms with Crippen molar-refractivity contribution in [2.75, 3.05) is 37.8 Å². The Bertz CT molecular complexity index is 997. The smallest absolute Gasteiger partial charge is 0.260 e. The molecule has 10 nitrogen and oxygen atoms in total. The molecule has 0 aliphatic carbocycles. The van der Waals surface area contributed by atoms with Crippen LogP contribution in [-0.2, 0) is 9.59 Å². The topological polar surface area (TPSA) is 132 Å². The number of nitrogens with one attached hydrogen (secondary N) is 1. The number of nitrogens with zero attached hydrogens (tertiary/aromatic N) is 4. The molecule has 1 aromatic heterocycles. The monoisotopic (exact) mass is 556 g/mol. The largest absolute Gasteiger partial charge is 0.490 e. The van der Waals surface area contributed by atoms with Crippen molar-refractivity contribution in [2.45, 2.75) is 30.5 Å². The van der Waals surface area contributed by atoms with Crippen molar-refractivity contribution in [2.24, 2.45) is 5.10 Å². The first-order valence-corrected chi connectivity index (χ1v) is 13.0. The molecule has 0 saturated carbocycles. The average Bonchev–Trinajstić information content (AvgIpc) is 3.23. The zero-order valence-electron chi connectivity index (χ0n) is 18.1. The van der Waals surface area contributed by atoms with E-state index in [-0.39, 0.29) is 24.2 Å². The highest BCUT2D eigenvalue weighted by Crippen LogP contribution is 2.36. The minimum atomic E-state index is -0.287. The molecule has 178 valence electrons. The Morgan fingerprint density at radius 2 is 2.09 bits per heavy atom. The molecule has 1 aliphatic rings. The summed E-state index contributed by atoms with van der Waals surface area (Å²) in [5.74, 6) is 0.751. The predicted molar refractivity (Wildman–Crippen MR) is 132 cm³/mol. The number of benzene rings is 1. The number of nitrogens with two attached hydrogens (primary N) is 1. The van der Waals surface area contributed by atoms with Gasteiger partial charge in [-0.05, 0) is 59.8 Å². The summed E-state index contributed by atoms with van der Waals surface area (Å²) in [5.41, 5.74) is 8.67. The number of amides is 2. The summed E-state index contributed by atoms with van der Waals surface area (Å²) >= 11 is 5.93. The fraction of sp³-hybridized carbons (Fsp3) is 0.450. The van der Waals surface area contributed by atoms with Crippen LogP contribution < -0.4 is 20.6 Å². The van der Waals surface area contributed by atoms with E-state index < -0.39 is 0 Å². The van der Waals surface area contributed by atoms with E-state index in [1.807, 2.05) is 11.8 Å². The van der Waals surface area contributed by atoms with Crippen molar-refractivity contribution in [3.63, 3.8) is 0 Å². The molecular formula is C20H25BrN6O4S2. The van der Waals surface area contributed by atoms with Gasteiger partial charge in [0.1, 0.15) is 0 Å². The number of hydrogen-bond acceptors (Lipinski definition) is 10. The molecule has 1 saturated heterocycles. The molecule has 1 aromatic carbocycles. The summed E-state index contributed by atoms with van der Waals surface area (Å²) in [6, 6.07) is 3.51. The third-order valence-corrected chi connectivity index (χ3v) is 7.01. The first kappa shape index (κ1) is 25.2. The van der Waals surface area contributed by atoms with E-state index in [4.69, 9.17) is 15.2 Å². The summed E-state index contributed by atoms with van der Waals surface area (Å²) in [6.07, 6.45) is 4.71. The molecule has 2 heterocycles. The second-order valence-electron chi connectivity index (χ2n) is 6.98. The molecular weight excluding hydrogens is 532 g/mol. The van der Waals surface area contributed by atoms with Crippen molar-refractivity contribution < 1.29 is 19.1 Å². The number of nitrogen functional groups attached to an aromatic ring is 1. The fourth-order valence-corrected chi connectivity index (χ4v) is 5.05. The van der Waals surface area contributed by atoms with Gasteiger partial charge >= 0.3 is 0 Å².